The number of nitrogens with two attached hydrogens (primary N) is 1. The van der Waals surface area contributed by atoms with Crippen molar-refractivity contribution in [3.05, 3.63) is 53.9 Å². The van der Waals surface area contributed by atoms with Crippen molar-refractivity contribution >= 4 is 34.6 Å². The predicted molar refractivity (Wildman–Crippen MR) is 117 cm³/mol. The van der Waals surface area contributed by atoms with Crippen molar-refractivity contribution in [2.45, 2.75) is 53.8 Å². The van der Waals surface area contributed by atoms with E-state index >= 15 is 0 Å². The number of fused-ring (bicyclic) bond motifs is 1. The third kappa shape index (κ3) is 4.64. The maximum atomic E-state index is 14.1. The molecule has 0 radical (unpaired) electrons. The molecule has 0 amide bonds. The van der Waals surface area contributed by atoms with Crippen LogP contribution in [0.4, 0.5) is 13.2 Å². The van der Waals surface area contributed by atoms with E-state index in [0.717, 1.165) is 22.4 Å². The van der Waals surface area contributed by atoms with E-state index in [1.807, 2.05) is 12.3 Å². The molecule has 4 N–H and O–H groups in total. The van der Waals surface area contributed by atoms with Gasteiger partial charge in [-0.25, -0.2) is 4.98 Å². The molecule has 3 rings (SSSR count). The Hall–Kier alpha value is -1.68. The highest BCUT2D eigenvalue weighted by atomic mass is 32.2. The summed E-state index contributed by atoms with van der Waals surface area (Å²) in [7, 11) is 0. The summed E-state index contributed by atoms with van der Waals surface area (Å²) in [6, 6.07) is 10.5. The predicted octanol–water partition coefficient (Wildman–Crippen LogP) is 5.45. The van der Waals surface area contributed by atoms with Crippen LogP contribution in [0.1, 0.15) is 31.5 Å². The molecule has 30 heavy (non-hydrogen) atoms. The molecule has 0 bridgehead atoms. The van der Waals surface area contributed by atoms with Gasteiger partial charge in [0.2, 0.25) is 0 Å². The van der Waals surface area contributed by atoms with Gasteiger partial charge in [0.25, 0.3) is 0 Å². The van der Waals surface area contributed by atoms with Crippen LogP contribution in [0, 0.1) is 0 Å². The minimum absolute atomic E-state index is 0.308. The van der Waals surface area contributed by atoms with E-state index in [1.54, 1.807) is 50.4 Å². The lowest BCUT2D eigenvalue weighted by molar-refractivity contribution is -0.266. The average Bonchev–Trinajstić information content (AvgIpc) is 3.07. The van der Waals surface area contributed by atoms with Gasteiger partial charge in [0.1, 0.15) is 0 Å². The minimum Gasteiger partial charge on any atom is -0.380 e. The number of thioether (sulfide) groups is 1. The van der Waals surface area contributed by atoms with E-state index < -0.39 is 30.0 Å². The summed E-state index contributed by atoms with van der Waals surface area (Å²) in [5.41, 5.74) is -2.27. The van der Waals surface area contributed by atoms with E-state index in [9.17, 15) is 18.3 Å². The van der Waals surface area contributed by atoms with Gasteiger partial charge in [-0.2, -0.15) is 13.2 Å². The van der Waals surface area contributed by atoms with Crippen molar-refractivity contribution < 1.29 is 18.3 Å². The summed E-state index contributed by atoms with van der Waals surface area (Å²) in [6.07, 6.45) is -2.43. The fourth-order valence-corrected chi connectivity index (χ4v) is 4.84. The normalized spacial score (nSPS) is 14.8. The summed E-state index contributed by atoms with van der Waals surface area (Å²) in [5.74, 6) is 0. The van der Waals surface area contributed by atoms with Gasteiger partial charge in [-0.05, 0) is 53.8 Å². The summed E-state index contributed by atoms with van der Waals surface area (Å²) in [5, 5.41) is 18.1. The number of halogens is 3. The smallest absolute Gasteiger partial charge is 0.380 e. The summed E-state index contributed by atoms with van der Waals surface area (Å²) < 4.78 is 42.2. The Bertz CT molecular complexity index is 1040. The van der Waals surface area contributed by atoms with Crippen molar-refractivity contribution in [3.63, 3.8) is 0 Å². The van der Waals surface area contributed by atoms with E-state index in [-0.39, 0.29) is 0 Å². The van der Waals surface area contributed by atoms with Crippen LogP contribution in [0.3, 0.4) is 0 Å². The molecule has 3 aromatic rings. The lowest BCUT2D eigenvalue weighted by Crippen LogP contribution is -2.51. The SMILES string of the molecule is CSc1cc2cc(CC(O)(CC(C)(C)c3ccccc3SN)C(F)(F)F)[nH]c2cn1. The first-order valence-electron chi connectivity index (χ1n) is 9.26. The molecule has 0 aliphatic rings. The number of nitrogens with one attached hydrogen (secondary N) is 1. The number of benzene rings is 1. The number of rotatable bonds is 7. The first-order valence-corrected chi connectivity index (χ1v) is 11.4. The molecule has 1 unspecified atom stereocenters. The van der Waals surface area contributed by atoms with Gasteiger partial charge in [-0.1, -0.05) is 32.0 Å². The Labute approximate surface area is 182 Å². The lowest BCUT2D eigenvalue weighted by atomic mass is 9.73. The zero-order chi connectivity index (χ0) is 22.2. The molecule has 2 heterocycles. The number of hydrogen-bond donors (Lipinski definition) is 3. The zero-order valence-electron chi connectivity index (χ0n) is 16.9. The largest absolute Gasteiger partial charge is 0.417 e. The topological polar surface area (TPSA) is 74.9 Å². The van der Waals surface area contributed by atoms with Crippen molar-refractivity contribution in [2.24, 2.45) is 5.14 Å². The maximum Gasteiger partial charge on any atom is 0.417 e. The van der Waals surface area contributed by atoms with Crippen molar-refractivity contribution in [1.29, 1.82) is 0 Å². The molecule has 0 aliphatic carbocycles. The van der Waals surface area contributed by atoms with Crippen LogP contribution in [0.15, 0.2) is 52.5 Å². The molecule has 0 fully saturated rings. The molecule has 162 valence electrons. The molecular weight excluding hydrogens is 431 g/mol. The molecule has 1 atom stereocenters. The number of aromatic nitrogens is 2. The minimum atomic E-state index is -4.81. The molecule has 1 aromatic carbocycles. The highest BCUT2D eigenvalue weighted by molar-refractivity contribution is 7.98. The fourth-order valence-electron chi connectivity index (χ4n) is 3.81. The highest BCUT2D eigenvalue weighted by Gasteiger charge is 2.56. The van der Waals surface area contributed by atoms with Gasteiger partial charge < -0.3 is 10.1 Å². The molecule has 2 aromatic heterocycles. The molecule has 0 spiro atoms. The van der Waals surface area contributed by atoms with E-state index in [1.165, 1.54) is 11.8 Å². The molecule has 0 aliphatic heterocycles. The van der Waals surface area contributed by atoms with Crippen LogP contribution < -0.4 is 5.14 Å². The van der Waals surface area contributed by atoms with Crippen LogP contribution in [0.2, 0.25) is 0 Å². The van der Waals surface area contributed by atoms with Gasteiger partial charge in [-0.3, -0.25) is 5.14 Å². The number of nitrogens with zero attached hydrogens (tertiary/aromatic N) is 1. The quantitative estimate of drug-likeness (QED) is 0.326. The number of alkyl halides is 3. The number of pyridine rings is 1. The number of aliphatic hydroxyl groups is 1. The number of H-pyrrole nitrogens is 1. The number of hydrogen-bond acceptors (Lipinski definition) is 5. The Balaban J connectivity index is 1.97. The average molecular weight is 456 g/mol. The number of aromatic amines is 1. The fraction of sp³-hybridized carbons (Fsp3) is 0.381. The third-order valence-corrected chi connectivity index (χ3v) is 6.48. The lowest BCUT2D eigenvalue weighted by Gasteiger charge is -2.38. The monoisotopic (exact) mass is 455 g/mol. The van der Waals surface area contributed by atoms with E-state index in [4.69, 9.17) is 5.14 Å². The molecule has 4 nitrogen and oxygen atoms in total. The summed E-state index contributed by atoms with van der Waals surface area (Å²) >= 11 is 2.44. The first-order chi connectivity index (χ1) is 14.0. The zero-order valence-corrected chi connectivity index (χ0v) is 18.5. The Morgan fingerprint density at radius 3 is 2.50 bits per heavy atom. The standard InChI is InChI=1S/C21H24F3N3OS2/c1-19(2,15-6-4-5-7-17(15)30-25)12-20(28,21(22,23)24)10-14-8-13-9-18(29-3)26-11-16(13)27-14/h4-9,11,27-28H,10,12,25H2,1-3H3. The Morgan fingerprint density at radius 1 is 1.17 bits per heavy atom. The van der Waals surface area contributed by atoms with Crippen LogP contribution in [0.25, 0.3) is 10.9 Å². The Morgan fingerprint density at radius 2 is 1.87 bits per heavy atom. The van der Waals surface area contributed by atoms with E-state index in [2.05, 4.69) is 9.97 Å². The van der Waals surface area contributed by atoms with Gasteiger partial charge in [0.15, 0.2) is 5.60 Å². The summed E-state index contributed by atoms with van der Waals surface area (Å²) in [6.45, 7) is 3.39. The van der Waals surface area contributed by atoms with Gasteiger partial charge in [0.05, 0.1) is 16.7 Å². The maximum absolute atomic E-state index is 14.1. The molecule has 0 saturated heterocycles. The Kier molecular flexibility index (Phi) is 6.48. The van der Waals surface area contributed by atoms with Gasteiger partial charge in [-0.15, -0.1) is 11.8 Å². The van der Waals surface area contributed by atoms with Crippen LogP contribution in [-0.2, 0) is 11.8 Å². The molecule has 9 heteroatoms. The molecular formula is C21H24F3N3OS2. The van der Waals surface area contributed by atoms with Crippen molar-refractivity contribution in [2.75, 3.05) is 6.26 Å². The second-order valence-electron chi connectivity index (χ2n) is 7.99. The van der Waals surface area contributed by atoms with Crippen LogP contribution in [0.5, 0.6) is 0 Å². The third-order valence-electron chi connectivity index (χ3n) is 5.23. The van der Waals surface area contributed by atoms with Crippen molar-refractivity contribution in [3.8, 4) is 0 Å². The van der Waals surface area contributed by atoms with Gasteiger partial charge in [0, 0.05) is 22.4 Å². The van der Waals surface area contributed by atoms with Crippen molar-refractivity contribution in [1.82, 2.24) is 9.97 Å². The second-order valence-corrected chi connectivity index (χ2v) is 9.49. The van der Waals surface area contributed by atoms with Crippen LogP contribution in [-0.4, -0.2) is 33.1 Å². The summed E-state index contributed by atoms with van der Waals surface area (Å²) in [4.78, 5) is 7.89. The van der Waals surface area contributed by atoms with Gasteiger partial charge >= 0.3 is 6.18 Å². The highest BCUT2D eigenvalue weighted by Crippen LogP contribution is 2.44. The van der Waals surface area contributed by atoms with Crippen LogP contribution >= 0.6 is 23.7 Å². The molecule has 0 saturated carbocycles. The van der Waals surface area contributed by atoms with E-state index in [0.29, 0.717) is 21.7 Å². The second kappa shape index (κ2) is 8.45. The first kappa shape index (κ1) is 23.0.